The summed E-state index contributed by atoms with van der Waals surface area (Å²) in [5.74, 6) is 0.212. The highest BCUT2D eigenvalue weighted by Gasteiger charge is 2.25. The normalized spacial score (nSPS) is 19.7. The number of amides is 2. The van der Waals surface area contributed by atoms with E-state index in [-0.39, 0.29) is 17.9 Å². The largest absolute Gasteiger partial charge is 0.339 e. The van der Waals surface area contributed by atoms with Crippen molar-refractivity contribution < 1.29 is 9.59 Å². The Balaban J connectivity index is 1.41. The molecule has 0 aromatic heterocycles. The van der Waals surface area contributed by atoms with Gasteiger partial charge in [0.1, 0.15) is 0 Å². The molecule has 2 aromatic rings. The molecule has 1 unspecified atom stereocenters. The van der Waals surface area contributed by atoms with Gasteiger partial charge in [-0.05, 0) is 34.7 Å². The number of nitrogens with one attached hydrogen (secondary N) is 1. The SMILES string of the molecule is CC(=O)N1CCN(C(=O)CNC2CCc3cccc4cccc2c34)CC1. The molecule has 2 aromatic carbocycles. The van der Waals surface area contributed by atoms with Gasteiger partial charge in [-0.2, -0.15) is 0 Å². The standard InChI is InChI=1S/C21H25N3O2/c1-15(25)23-10-12-24(13-11-23)20(26)14-22-19-9-8-17-5-2-4-16-6-3-7-18(19)21(16)17/h2-7,19,22H,8-14H2,1H3. The summed E-state index contributed by atoms with van der Waals surface area (Å²) in [4.78, 5) is 27.6. The number of piperazine rings is 1. The van der Waals surface area contributed by atoms with E-state index in [1.165, 1.54) is 21.9 Å². The highest BCUT2D eigenvalue weighted by Crippen LogP contribution is 2.35. The van der Waals surface area contributed by atoms with Crippen molar-refractivity contribution in [3.63, 3.8) is 0 Å². The maximum atomic E-state index is 12.6. The first-order valence-corrected chi connectivity index (χ1v) is 9.40. The van der Waals surface area contributed by atoms with E-state index in [9.17, 15) is 9.59 Å². The van der Waals surface area contributed by atoms with Crippen LogP contribution in [0, 0.1) is 0 Å². The molecular weight excluding hydrogens is 326 g/mol. The van der Waals surface area contributed by atoms with Gasteiger partial charge in [-0.15, -0.1) is 0 Å². The lowest BCUT2D eigenvalue weighted by molar-refractivity contribution is -0.137. The fraction of sp³-hybridized carbons (Fsp3) is 0.429. The zero-order valence-electron chi connectivity index (χ0n) is 15.2. The average Bonchev–Trinajstić information content (AvgIpc) is 2.67. The monoisotopic (exact) mass is 351 g/mol. The predicted octanol–water partition coefficient (Wildman–Crippen LogP) is 2.11. The molecule has 136 valence electrons. The Bertz CT molecular complexity index is 835. The Morgan fingerprint density at radius 2 is 1.73 bits per heavy atom. The molecular formula is C21H25N3O2. The summed E-state index contributed by atoms with van der Waals surface area (Å²) < 4.78 is 0. The molecule has 0 radical (unpaired) electrons. The van der Waals surface area contributed by atoms with Crippen molar-refractivity contribution in [2.24, 2.45) is 0 Å². The van der Waals surface area contributed by atoms with Gasteiger partial charge in [0.25, 0.3) is 0 Å². The molecule has 1 aliphatic heterocycles. The summed E-state index contributed by atoms with van der Waals surface area (Å²) in [6.45, 7) is 4.46. The molecule has 1 atom stereocenters. The van der Waals surface area contributed by atoms with E-state index in [2.05, 4.69) is 41.7 Å². The van der Waals surface area contributed by atoms with Gasteiger partial charge in [0, 0.05) is 39.1 Å². The van der Waals surface area contributed by atoms with E-state index in [1.54, 1.807) is 11.8 Å². The molecule has 1 heterocycles. The van der Waals surface area contributed by atoms with Gasteiger partial charge in [-0.25, -0.2) is 0 Å². The van der Waals surface area contributed by atoms with E-state index < -0.39 is 0 Å². The molecule has 5 heteroatoms. The third-order valence-corrected chi connectivity index (χ3v) is 5.68. The van der Waals surface area contributed by atoms with Gasteiger partial charge >= 0.3 is 0 Å². The van der Waals surface area contributed by atoms with Crippen LogP contribution >= 0.6 is 0 Å². The fourth-order valence-corrected chi connectivity index (χ4v) is 4.21. The van der Waals surface area contributed by atoms with E-state index in [4.69, 9.17) is 0 Å². The topological polar surface area (TPSA) is 52.7 Å². The molecule has 1 fully saturated rings. The molecule has 2 amide bonds. The van der Waals surface area contributed by atoms with E-state index in [1.807, 2.05) is 4.90 Å². The van der Waals surface area contributed by atoms with E-state index in [0.717, 1.165) is 12.8 Å². The van der Waals surface area contributed by atoms with Gasteiger partial charge in [0.15, 0.2) is 0 Å². The molecule has 0 bridgehead atoms. The number of hydrogen-bond donors (Lipinski definition) is 1. The van der Waals surface area contributed by atoms with Crippen molar-refractivity contribution in [3.8, 4) is 0 Å². The van der Waals surface area contributed by atoms with Gasteiger partial charge < -0.3 is 15.1 Å². The van der Waals surface area contributed by atoms with Crippen molar-refractivity contribution >= 4 is 22.6 Å². The number of aryl methyl sites for hydroxylation is 1. The number of nitrogens with zero attached hydrogens (tertiary/aromatic N) is 2. The molecule has 4 rings (SSSR count). The number of carbonyl (C=O) groups is 2. The van der Waals surface area contributed by atoms with Crippen LogP contribution in [0.5, 0.6) is 0 Å². The fourth-order valence-electron chi connectivity index (χ4n) is 4.21. The molecule has 0 saturated carbocycles. The summed E-state index contributed by atoms with van der Waals surface area (Å²) in [7, 11) is 0. The van der Waals surface area contributed by atoms with Crippen molar-refractivity contribution in [1.29, 1.82) is 0 Å². The molecule has 5 nitrogen and oxygen atoms in total. The summed E-state index contributed by atoms with van der Waals surface area (Å²) in [6, 6.07) is 13.1. The molecule has 0 spiro atoms. The third-order valence-electron chi connectivity index (χ3n) is 5.68. The molecule has 1 aliphatic carbocycles. The van der Waals surface area contributed by atoms with Crippen LogP contribution < -0.4 is 5.32 Å². The van der Waals surface area contributed by atoms with Crippen LogP contribution in [-0.2, 0) is 16.0 Å². The van der Waals surface area contributed by atoms with Crippen molar-refractivity contribution in [2.45, 2.75) is 25.8 Å². The van der Waals surface area contributed by atoms with E-state index >= 15 is 0 Å². The maximum absolute atomic E-state index is 12.6. The van der Waals surface area contributed by atoms with Gasteiger partial charge in [-0.3, -0.25) is 9.59 Å². The Kier molecular flexibility index (Phi) is 4.64. The average molecular weight is 351 g/mol. The highest BCUT2D eigenvalue weighted by atomic mass is 16.2. The smallest absolute Gasteiger partial charge is 0.236 e. The molecule has 2 aliphatic rings. The van der Waals surface area contributed by atoms with Crippen LogP contribution in [0.2, 0.25) is 0 Å². The molecule has 1 N–H and O–H groups in total. The highest BCUT2D eigenvalue weighted by molar-refractivity contribution is 5.90. The Morgan fingerprint density at radius 1 is 1.04 bits per heavy atom. The summed E-state index contributed by atoms with van der Waals surface area (Å²) in [5.41, 5.74) is 2.71. The molecule has 1 saturated heterocycles. The first kappa shape index (κ1) is 17.0. The van der Waals surface area contributed by atoms with Crippen molar-refractivity contribution in [3.05, 3.63) is 47.5 Å². The van der Waals surface area contributed by atoms with Crippen LogP contribution in [0.25, 0.3) is 10.8 Å². The Hall–Kier alpha value is -2.40. The van der Waals surface area contributed by atoms with Crippen molar-refractivity contribution in [1.82, 2.24) is 15.1 Å². The third kappa shape index (κ3) is 3.19. The van der Waals surface area contributed by atoms with Crippen LogP contribution in [-0.4, -0.2) is 54.3 Å². The van der Waals surface area contributed by atoms with Crippen molar-refractivity contribution in [2.75, 3.05) is 32.7 Å². The number of hydrogen-bond acceptors (Lipinski definition) is 3. The summed E-state index contributed by atoms with van der Waals surface area (Å²) in [5, 5.41) is 6.11. The minimum absolute atomic E-state index is 0.0872. The van der Waals surface area contributed by atoms with E-state index in [0.29, 0.717) is 32.7 Å². The van der Waals surface area contributed by atoms with Gasteiger partial charge in [0.05, 0.1) is 6.54 Å². The zero-order valence-corrected chi connectivity index (χ0v) is 15.2. The lowest BCUT2D eigenvalue weighted by Gasteiger charge is -2.35. The summed E-state index contributed by atoms with van der Waals surface area (Å²) in [6.07, 6.45) is 2.05. The zero-order chi connectivity index (χ0) is 18.1. The minimum Gasteiger partial charge on any atom is -0.339 e. The number of carbonyl (C=O) groups excluding carboxylic acids is 2. The lowest BCUT2D eigenvalue weighted by atomic mass is 9.85. The lowest BCUT2D eigenvalue weighted by Crippen LogP contribution is -2.52. The Labute approximate surface area is 154 Å². The maximum Gasteiger partial charge on any atom is 0.236 e. The molecule has 26 heavy (non-hydrogen) atoms. The van der Waals surface area contributed by atoms with Crippen LogP contribution in [0.15, 0.2) is 36.4 Å². The predicted molar refractivity (Wildman–Crippen MR) is 102 cm³/mol. The number of benzene rings is 2. The summed E-state index contributed by atoms with van der Waals surface area (Å²) >= 11 is 0. The second kappa shape index (κ2) is 7.08. The first-order valence-electron chi connectivity index (χ1n) is 9.40. The van der Waals surface area contributed by atoms with Crippen LogP contribution in [0.3, 0.4) is 0 Å². The van der Waals surface area contributed by atoms with Gasteiger partial charge in [0.2, 0.25) is 11.8 Å². The van der Waals surface area contributed by atoms with Gasteiger partial charge in [-0.1, -0.05) is 36.4 Å². The van der Waals surface area contributed by atoms with Crippen LogP contribution in [0.4, 0.5) is 0 Å². The second-order valence-electron chi connectivity index (χ2n) is 7.22. The quantitative estimate of drug-likeness (QED) is 0.921. The number of rotatable bonds is 3. The van der Waals surface area contributed by atoms with Crippen LogP contribution in [0.1, 0.15) is 30.5 Å². The second-order valence-corrected chi connectivity index (χ2v) is 7.22. The first-order chi connectivity index (χ1) is 12.6. The Morgan fingerprint density at radius 3 is 2.46 bits per heavy atom. The minimum atomic E-state index is 0.0872.